The van der Waals surface area contributed by atoms with Crippen molar-refractivity contribution >= 4 is 17.4 Å². The van der Waals surface area contributed by atoms with E-state index in [2.05, 4.69) is 43.6 Å². The molecule has 8 heteroatoms. The zero-order valence-corrected chi connectivity index (χ0v) is 17.6. The van der Waals surface area contributed by atoms with Crippen molar-refractivity contribution in [3.05, 3.63) is 34.4 Å². The Kier molecular flexibility index (Phi) is 5.42. The Hall–Kier alpha value is -1.93. The number of hydrogen-bond acceptors (Lipinski definition) is 7. The van der Waals surface area contributed by atoms with Crippen LogP contribution in [0.2, 0.25) is 0 Å². The largest absolute Gasteiger partial charge is 0.348 e. The third-order valence-electron chi connectivity index (χ3n) is 6.05. The Morgan fingerprint density at radius 3 is 2.75 bits per heavy atom. The van der Waals surface area contributed by atoms with Crippen LogP contribution in [0.3, 0.4) is 0 Å². The normalized spacial score (nSPS) is 19.7. The summed E-state index contributed by atoms with van der Waals surface area (Å²) in [6.45, 7) is 9.17. The van der Waals surface area contributed by atoms with E-state index in [-0.39, 0.29) is 17.9 Å². The fourth-order valence-electron chi connectivity index (χ4n) is 4.49. The molecular weight excluding hydrogens is 372 g/mol. The van der Waals surface area contributed by atoms with E-state index >= 15 is 0 Å². The molecule has 1 saturated carbocycles. The lowest BCUT2D eigenvalue weighted by Gasteiger charge is -2.52. The molecule has 150 valence electrons. The molecule has 4 rings (SSSR count). The Balaban J connectivity index is 1.25. The van der Waals surface area contributed by atoms with Crippen LogP contribution < -0.4 is 5.32 Å². The molecule has 1 spiro atoms. The summed E-state index contributed by atoms with van der Waals surface area (Å²) in [6, 6.07) is 0.267. The first-order chi connectivity index (χ1) is 13.4. The molecule has 0 unspecified atom stereocenters. The number of hydrogen-bond donors (Lipinski definition) is 1. The topological polar surface area (TPSA) is 83.9 Å². The van der Waals surface area contributed by atoms with Crippen LogP contribution in [0.4, 0.5) is 0 Å². The number of carbonyl (C=O) groups is 1. The molecule has 0 radical (unpaired) electrons. The highest BCUT2D eigenvalue weighted by Gasteiger charge is 2.46. The van der Waals surface area contributed by atoms with Gasteiger partial charge in [-0.25, -0.2) is 0 Å². The average molecular weight is 401 g/mol. The summed E-state index contributed by atoms with van der Waals surface area (Å²) in [6.07, 6.45) is 8.19. The molecule has 0 aromatic carbocycles. The number of nitrogens with one attached hydrogen (secondary N) is 1. The van der Waals surface area contributed by atoms with Crippen LogP contribution in [0.5, 0.6) is 0 Å². The maximum Gasteiger partial charge on any atom is 0.273 e. The minimum Gasteiger partial charge on any atom is -0.348 e. The van der Waals surface area contributed by atoms with Crippen LogP contribution in [-0.4, -0.2) is 49.5 Å². The van der Waals surface area contributed by atoms with Crippen molar-refractivity contribution in [2.45, 2.75) is 65.0 Å². The highest BCUT2D eigenvalue weighted by atomic mass is 32.1. The maximum absolute atomic E-state index is 12.6. The predicted octanol–water partition coefficient (Wildman–Crippen LogP) is 2.93. The quantitative estimate of drug-likeness (QED) is 0.831. The zero-order chi connectivity index (χ0) is 19.7. The van der Waals surface area contributed by atoms with Gasteiger partial charge in [-0.1, -0.05) is 18.3 Å². The number of rotatable bonds is 5. The van der Waals surface area contributed by atoms with Gasteiger partial charge in [0.05, 0.1) is 16.3 Å². The second-order valence-corrected chi connectivity index (χ2v) is 9.43. The van der Waals surface area contributed by atoms with Gasteiger partial charge in [0.25, 0.3) is 5.91 Å². The molecule has 1 saturated heterocycles. The van der Waals surface area contributed by atoms with Gasteiger partial charge in [-0.3, -0.25) is 19.7 Å². The van der Waals surface area contributed by atoms with Gasteiger partial charge in [0.2, 0.25) is 0 Å². The number of aryl methyl sites for hydroxylation is 1. The average Bonchev–Trinajstić information content (AvgIpc) is 3.12. The molecule has 1 amide bonds. The van der Waals surface area contributed by atoms with Crippen LogP contribution in [0.1, 0.15) is 72.2 Å². The fourth-order valence-corrected chi connectivity index (χ4v) is 5.13. The van der Waals surface area contributed by atoms with Gasteiger partial charge in [0.1, 0.15) is 0 Å². The maximum atomic E-state index is 12.6. The van der Waals surface area contributed by atoms with Crippen molar-refractivity contribution in [1.82, 2.24) is 29.8 Å². The summed E-state index contributed by atoms with van der Waals surface area (Å²) >= 11 is 1.32. The second kappa shape index (κ2) is 7.83. The third kappa shape index (κ3) is 4.07. The molecule has 0 bridgehead atoms. The molecule has 2 aromatic heterocycles. The van der Waals surface area contributed by atoms with Crippen LogP contribution in [0.15, 0.2) is 12.4 Å². The molecule has 2 aliphatic rings. The van der Waals surface area contributed by atoms with Gasteiger partial charge in [0.15, 0.2) is 5.69 Å². The van der Waals surface area contributed by atoms with Crippen molar-refractivity contribution in [2.24, 2.45) is 5.41 Å². The summed E-state index contributed by atoms with van der Waals surface area (Å²) in [5.74, 6) is 0.212. The second-order valence-electron chi connectivity index (χ2n) is 8.65. The van der Waals surface area contributed by atoms with Crippen molar-refractivity contribution < 1.29 is 4.79 Å². The third-order valence-corrected chi connectivity index (χ3v) is 7.08. The molecule has 28 heavy (non-hydrogen) atoms. The van der Waals surface area contributed by atoms with Crippen molar-refractivity contribution in [3.63, 3.8) is 0 Å². The van der Waals surface area contributed by atoms with E-state index in [1.165, 1.54) is 24.4 Å². The van der Waals surface area contributed by atoms with Crippen LogP contribution in [0.25, 0.3) is 0 Å². The number of likely N-dealkylation sites (tertiary alicyclic amines) is 1. The highest BCUT2D eigenvalue weighted by Crippen LogP contribution is 2.49. The highest BCUT2D eigenvalue weighted by molar-refractivity contribution is 7.05. The van der Waals surface area contributed by atoms with Crippen molar-refractivity contribution in [2.75, 3.05) is 13.1 Å². The monoisotopic (exact) mass is 400 g/mol. The van der Waals surface area contributed by atoms with Gasteiger partial charge in [-0.2, -0.15) is 0 Å². The lowest BCUT2D eigenvalue weighted by Crippen LogP contribution is -2.54. The van der Waals surface area contributed by atoms with Crippen LogP contribution in [0, 0.1) is 12.3 Å². The number of aromatic nitrogens is 4. The molecule has 1 aliphatic heterocycles. The van der Waals surface area contributed by atoms with E-state index in [1.54, 1.807) is 6.20 Å². The van der Waals surface area contributed by atoms with Gasteiger partial charge in [-0.15, -0.1) is 5.10 Å². The Morgan fingerprint density at radius 2 is 2.07 bits per heavy atom. The Labute approximate surface area is 170 Å². The summed E-state index contributed by atoms with van der Waals surface area (Å²) in [7, 11) is 0. The van der Waals surface area contributed by atoms with E-state index in [9.17, 15) is 4.79 Å². The molecular formula is C20H28N6OS. The van der Waals surface area contributed by atoms with E-state index in [4.69, 9.17) is 0 Å². The zero-order valence-electron chi connectivity index (χ0n) is 16.8. The van der Waals surface area contributed by atoms with Crippen LogP contribution in [-0.2, 0) is 6.54 Å². The molecule has 2 aromatic rings. The number of carbonyl (C=O) groups excluding carboxylic acids is 1. The first-order valence-corrected chi connectivity index (χ1v) is 10.8. The lowest BCUT2D eigenvalue weighted by molar-refractivity contribution is 0.00424. The first-order valence-electron chi connectivity index (χ1n) is 10.1. The Bertz CT molecular complexity index is 835. The van der Waals surface area contributed by atoms with E-state index in [0.717, 1.165) is 48.7 Å². The summed E-state index contributed by atoms with van der Waals surface area (Å²) < 4.78 is 3.96. The summed E-state index contributed by atoms with van der Waals surface area (Å²) in [5, 5.41) is 7.22. The van der Waals surface area contributed by atoms with E-state index < -0.39 is 0 Å². The van der Waals surface area contributed by atoms with Gasteiger partial charge < -0.3 is 5.32 Å². The lowest BCUT2D eigenvalue weighted by atomic mass is 9.60. The molecule has 1 aliphatic carbocycles. The summed E-state index contributed by atoms with van der Waals surface area (Å²) in [4.78, 5) is 24.8. The summed E-state index contributed by atoms with van der Waals surface area (Å²) in [5.41, 5.74) is 2.93. The van der Waals surface area contributed by atoms with Crippen LogP contribution >= 0.6 is 11.5 Å². The van der Waals surface area contributed by atoms with Gasteiger partial charge in [0, 0.05) is 25.0 Å². The van der Waals surface area contributed by atoms with Gasteiger partial charge >= 0.3 is 0 Å². The first kappa shape index (κ1) is 19.4. The molecule has 3 heterocycles. The Morgan fingerprint density at radius 1 is 1.32 bits per heavy atom. The number of piperidine rings is 1. The minimum absolute atomic E-state index is 0.0623. The molecule has 2 fully saturated rings. The minimum atomic E-state index is -0.0623. The molecule has 7 nitrogen and oxygen atoms in total. The van der Waals surface area contributed by atoms with Gasteiger partial charge in [-0.05, 0) is 68.6 Å². The predicted molar refractivity (Wildman–Crippen MR) is 108 cm³/mol. The van der Waals surface area contributed by atoms with Crippen molar-refractivity contribution in [3.8, 4) is 0 Å². The molecule has 0 atom stereocenters. The van der Waals surface area contributed by atoms with E-state index in [0.29, 0.717) is 11.1 Å². The smallest absolute Gasteiger partial charge is 0.273 e. The molecule has 1 N–H and O–H groups in total. The number of nitrogens with zero attached hydrogens (tertiary/aromatic N) is 5. The standard InChI is InChI=1S/C20H28N6OS/c1-13(2)18-17(24-25-28-18)19(27)23-15-8-20(9-15)4-6-26(7-5-20)12-16-11-21-10-14(3)22-16/h10-11,13,15H,4-9,12H2,1-3H3,(H,23,27). The number of amides is 1. The SMILES string of the molecule is Cc1cncc(CN2CCC3(CC2)CC(NC(=O)c2nnsc2C(C)C)C3)n1. The fraction of sp³-hybridized carbons (Fsp3) is 0.650. The van der Waals surface area contributed by atoms with E-state index in [1.807, 2.05) is 13.1 Å². The van der Waals surface area contributed by atoms with Crippen molar-refractivity contribution in [1.29, 1.82) is 0 Å².